The predicted octanol–water partition coefficient (Wildman–Crippen LogP) is 1.65. The van der Waals surface area contributed by atoms with Crippen LogP contribution in [-0.4, -0.2) is 35.1 Å². The number of carbonyl (C=O) groups is 1. The smallest absolute Gasteiger partial charge is 0.225 e. The SMILES string of the molecule is CC(O)C1CCN(C(=O)C(C)C2CC2)CC1. The third-order valence-corrected chi connectivity index (χ3v) is 4.25. The maximum atomic E-state index is 12.1. The minimum atomic E-state index is -0.224. The predicted molar refractivity (Wildman–Crippen MR) is 62.9 cm³/mol. The largest absolute Gasteiger partial charge is 0.393 e. The normalized spacial score (nSPS) is 26.6. The number of hydrogen-bond acceptors (Lipinski definition) is 2. The summed E-state index contributed by atoms with van der Waals surface area (Å²) < 4.78 is 0. The number of rotatable bonds is 3. The van der Waals surface area contributed by atoms with E-state index >= 15 is 0 Å². The molecule has 0 spiro atoms. The quantitative estimate of drug-likeness (QED) is 0.793. The minimum absolute atomic E-state index is 0.224. The summed E-state index contributed by atoms with van der Waals surface area (Å²) in [7, 11) is 0. The van der Waals surface area contributed by atoms with Gasteiger partial charge in [0.25, 0.3) is 0 Å². The molecule has 2 rings (SSSR count). The molecule has 1 aliphatic carbocycles. The van der Waals surface area contributed by atoms with Crippen molar-refractivity contribution in [3.8, 4) is 0 Å². The van der Waals surface area contributed by atoms with E-state index in [0.717, 1.165) is 25.9 Å². The van der Waals surface area contributed by atoms with Gasteiger partial charge in [0.05, 0.1) is 6.10 Å². The van der Waals surface area contributed by atoms with Crippen LogP contribution < -0.4 is 0 Å². The number of piperidine rings is 1. The van der Waals surface area contributed by atoms with Gasteiger partial charge in [-0.3, -0.25) is 4.79 Å². The zero-order valence-corrected chi connectivity index (χ0v) is 10.4. The molecule has 0 aromatic rings. The lowest BCUT2D eigenvalue weighted by Gasteiger charge is -2.34. The van der Waals surface area contributed by atoms with Gasteiger partial charge in [0.2, 0.25) is 5.91 Å². The molecule has 2 fully saturated rings. The first-order chi connectivity index (χ1) is 7.59. The highest BCUT2D eigenvalue weighted by atomic mass is 16.3. The zero-order valence-electron chi connectivity index (χ0n) is 10.4. The van der Waals surface area contributed by atoms with E-state index < -0.39 is 0 Å². The maximum absolute atomic E-state index is 12.1. The lowest BCUT2D eigenvalue weighted by Crippen LogP contribution is -2.43. The fraction of sp³-hybridized carbons (Fsp3) is 0.923. The highest BCUT2D eigenvalue weighted by Gasteiger charge is 2.36. The van der Waals surface area contributed by atoms with E-state index in [9.17, 15) is 9.90 Å². The molecular weight excluding hydrogens is 202 g/mol. The molecule has 1 N–H and O–H groups in total. The van der Waals surface area contributed by atoms with E-state index in [1.165, 1.54) is 12.8 Å². The summed E-state index contributed by atoms with van der Waals surface area (Å²) in [6.07, 6.45) is 4.16. The van der Waals surface area contributed by atoms with Crippen molar-refractivity contribution < 1.29 is 9.90 Å². The second-order valence-electron chi connectivity index (χ2n) is 5.53. The van der Waals surface area contributed by atoms with Crippen molar-refractivity contribution in [3.63, 3.8) is 0 Å². The first kappa shape index (κ1) is 11.9. The second-order valence-corrected chi connectivity index (χ2v) is 5.53. The summed E-state index contributed by atoms with van der Waals surface area (Å²) in [5.41, 5.74) is 0. The van der Waals surface area contributed by atoms with Crippen molar-refractivity contribution in [1.29, 1.82) is 0 Å². The Labute approximate surface area is 97.8 Å². The molecule has 0 aromatic heterocycles. The molecule has 0 aromatic carbocycles. The van der Waals surface area contributed by atoms with Crippen LogP contribution in [0.1, 0.15) is 39.5 Å². The molecular formula is C13H23NO2. The second kappa shape index (κ2) is 4.74. The standard InChI is InChI=1S/C13H23NO2/c1-9(11-3-4-11)13(16)14-7-5-12(6-8-14)10(2)15/h9-12,15H,3-8H2,1-2H3. The zero-order chi connectivity index (χ0) is 11.7. The van der Waals surface area contributed by atoms with Crippen molar-refractivity contribution in [2.45, 2.75) is 45.6 Å². The number of likely N-dealkylation sites (tertiary alicyclic amines) is 1. The van der Waals surface area contributed by atoms with Crippen LogP contribution in [-0.2, 0) is 4.79 Å². The molecule has 2 unspecified atom stereocenters. The molecule has 2 aliphatic rings. The number of amides is 1. The van der Waals surface area contributed by atoms with Crippen LogP contribution in [0.4, 0.5) is 0 Å². The van der Waals surface area contributed by atoms with Crippen molar-refractivity contribution >= 4 is 5.91 Å². The van der Waals surface area contributed by atoms with Crippen LogP contribution in [0.15, 0.2) is 0 Å². The van der Waals surface area contributed by atoms with E-state index in [2.05, 4.69) is 6.92 Å². The molecule has 0 radical (unpaired) electrons. The maximum Gasteiger partial charge on any atom is 0.225 e. The highest BCUT2D eigenvalue weighted by Crippen LogP contribution is 2.37. The van der Waals surface area contributed by atoms with Gasteiger partial charge < -0.3 is 10.0 Å². The van der Waals surface area contributed by atoms with Crippen LogP contribution in [0.25, 0.3) is 0 Å². The molecule has 3 heteroatoms. The fourth-order valence-electron chi connectivity index (χ4n) is 2.69. The Kier molecular flexibility index (Phi) is 3.53. The van der Waals surface area contributed by atoms with Gasteiger partial charge in [-0.15, -0.1) is 0 Å². The van der Waals surface area contributed by atoms with Gasteiger partial charge in [0, 0.05) is 19.0 Å². The Balaban J connectivity index is 1.81. The minimum Gasteiger partial charge on any atom is -0.393 e. The molecule has 1 heterocycles. The summed E-state index contributed by atoms with van der Waals surface area (Å²) in [4.78, 5) is 14.1. The van der Waals surface area contributed by atoms with E-state index in [1.54, 1.807) is 0 Å². The van der Waals surface area contributed by atoms with Gasteiger partial charge in [0.1, 0.15) is 0 Å². The first-order valence-corrected chi connectivity index (χ1v) is 6.56. The average molecular weight is 225 g/mol. The molecule has 1 aliphatic heterocycles. The highest BCUT2D eigenvalue weighted by molar-refractivity contribution is 5.79. The number of aliphatic hydroxyl groups is 1. The molecule has 3 nitrogen and oxygen atoms in total. The van der Waals surface area contributed by atoms with Gasteiger partial charge >= 0.3 is 0 Å². The fourth-order valence-corrected chi connectivity index (χ4v) is 2.69. The van der Waals surface area contributed by atoms with E-state index in [0.29, 0.717) is 17.7 Å². The molecule has 16 heavy (non-hydrogen) atoms. The third-order valence-electron chi connectivity index (χ3n) is 4.25. The van der Waals surface area contributed by atoms with Crippen molar-refractivity contribution in [1.82, 2.24) is 4.90 Å². The van der Waals surface area contributed by atoms with Crippen LogP contribution in [0.3, 0.4) is 0 Å². The summed E-state index contributed by atoms with van der Waals surface area (Å²) in [5.74, 6) is 1.61. The average Bonchev–Trinajstić information content (AvgIpc) is 3.11. The van der Waals surface area contributed by atoms with E-state index in [1.807, 2.05) is 11.8 Å². The summed E-state index contributed by atoms with van der Waals surface area (Å²) >= 11 is 0. The molecule has 92 valence electrons. The molecule has 1 saturated heterocycles. The Hall–Kier alpha value is -0.570. The number of nitrogens with zero attached hydrogens (tertiary/aromatic N) is 1. The van der Waals surface area contributed by atoms with Crippen LogP contribution >= 0.6 is 0 Å². The number of hydrogen-bond donors (Lipinski definition) is 1. The van der Waals surface area contributed by atoms with Gasteiger partial charge in [0.15, 0.2) is 0 Å². The summed E-state index contributed by atoms with van der Waals surface area (Å²) in [6, 6.07) is 0. The van der Waals surface area contributed by atoms with E-state index in [-0.39, 0.29) is 12.0 Å². The molecule has 1 saturated carbocycles. The Bertz CT molecular complexity index is 253. The lowest BCUT2D eigenvalue weighted by atomic mass is 9.91. The van der Waals surface area contributed by atoms with Crippen molar-refractivity contribution in [2.24, 2.45) is 17.8 Å². The van der Waals surface area contributed by atoms with Gasteiger partial charge in [-0.1, -0.05) is 6.92 Å². The third kappa shape index (κ3) is 2.57. The Morgan fingerprint density at radius 3 is 2.12 bits per heavy atom. The van der Waals surface area contributed by atoms with Crippen LogP contribution in [0.2, 0.25) is 0 Å². The van der Waals surface area contributed by atoms with Crippen LogP contribution in [0.5, 0.6) is 0 Å². The van der Waals surface area contributed by atoms with Gasteiger partial charge in [-0.2, -0.15) is 0 Å². The molecule has 0 bridgehead atoms. The lowest BCUT2D eigenvalue weighted by molar-refractivity contribution is -0.137. The monoisotopic (exact) mass is 225 g/mol. The summed E-state index contributed by atoms with van der Waals surface area (Å²) in [5, 5.41) is 9.51. The molecule has 2 atom stereocenters. The van der Waals surface area contributed by atoms with E-state index in [4.69, 9.17) is 0 Å². The van der Waals surface area contributed by atoms with Crippen LogP contribution in [0, 0.1) is 17.8 Å². The molecule has 1 amide bonds. The number of aliphatic hydroxyl groups excluding tert-OH is 1. The first-order valence-electron chi connectivity index (χ1n) is 6.56. The summed E-state index contributed by atoms with van der Waals surface area (Å²) in [6.45, 7) is 5.60. The van der Waals surface area contributed by atoms with Crippen molar-refractivity contribution in [3.05, 3.63) is 0 Å². The van der Waals surface area contributed by atoms with Gasteiger partial charge in [-0.25, -0.2) is 0 Å². The van der Waals surface area contributed by atoms with Crippen molar-refractivity contribution in [2.75, 3.05) is 13.1 Å². The topological polar surface area (TPSA) is 40.5 Å². The number of carbonyl (C=O) groups excluding carboxylic acids is 1. The van der Waals surface area contributed by atoms with Gasteiger partial charge in [-0.05, 0) is 44.4 Å². The Morgan fingerprint density at radius 1 is 1.12 bits per heavy atom. The Morgan fingerprint density at radius 2 is 1.69 bits per heavy atom.